The van der Waals surface area contributed by atoms with E-state index in [4.69, 9.17) is 9.15 Å². The molecule has 1 aromatic carbocycles. The third-order valence-corrected chi connectivity index (χ3v) is 6.54. The zero-order chi connectivity index (χ0) is 22.5. The fourth-order valence-corrected chi connectivity index (χ4v) is 4.80. The lowest BCUT2D eigenvalue weighted by molar-refractivity contribution is -0.135. The number of thiophene rings is 1. The van der Waals surface area contributed by atoms with Crippen molar-refractivity contribution in [2.75, 3.05) is 26.2 Å². The molecular weight excluding hydrogens is 424 g/mol. The summed E-state index contributed by atoms with van der Waals surface area (Å²) in [6.07, 6.45) is 3.86. The van der Waals surface area contributed by atoms with Gasteiger partial charge >= 0.3 is 0 Å². The van der Waals surface area contributed by atoms with E-state index in [1.807, 2.05) is 36.1 Å². The number of benzene rings is 1. The highest BCUT2D eigenvalue weighted by Crippen LogP contribution is 2.34. The number of carbonyl (C=O) groups is 2. The Labute approximate surface area is 191 Å². The van der Waals surface area contributed by atoms with Gasteiger partial charge in [0.25, 0.3) is 5.91 Å². The number of hydrogen-bond donors (Lipinski definition) is 0. The van der Waals surface area contributed by atoms with E-state index in [0.29, 0.717) is 13.2 Å². The molecule has 0 fully saturated rings. The van der Waals surface area contributed by atoms with Crippen molar-refractivity contribution in [2.45, 2.75) is 19.4 Å². The fraction of sp³-hybridized carbons (Fsp3) is 0.280. The monoisotopic (exact) mass is 450 g/mol. The van der Waals surface area contributed by atoms with Gasteiger partial charge in [0.05, 0.1) is 12.3 Å². The molecule has 0 N–H and O–H groups in total. The van der Waals surface area contributed by atoms with E-state index in [0.717, 1.165) is 23.3 Å². The first-order valence-electron chi connectivity index (χ1n) is 10.6. The van der Waals surface area contributed by atoms with E-state index in [-0.39, 0.29) is 36.7 Å². The van der Waals surface area contributed by atoms with Crippen molar-refractivity contribution in [1.82, 2.24) is 9.80 Å². The summed E-state index contributed by atoms with van der Waals surface area (Å²) in [6.45, 7) is 6.90. The van der Waals surface area contributed by atoms with Crippen LogP contribution in [0.2, 0.25) is 0 Å². The first-order valence-corrected chi connectivity index (χ1v) is 11.4. The third kappa shape index (κ3) is 4.78. The highest BCUT2D eigenvalue weighted by Gasteiger charge is 2.33. The lowest BCUT2D eigenvalue weighted by Gasteiger charge is -2.37. The molecule has 7 heteroatoms. The van der Waals surface area contributed by atoms with Crippen molar-refractivity contribution in [2.24, 2.45) is 0 Å². The SMILES string of the molecule is C=CCN(CC(=O)N1CCc2sccc2C1COc1ccc(C)cc1)C(=O)c1ccco1. The Bertz CT molecular complexity index is 1070. The smallest absolute Gasteiger partial charge is 0.290 e. The van der Waals surface area contributed by atoms with Gasteiger partial charge in [-0.1, -0.05) is 23.8 Å². The molecule has 0 bridgehead atoms. The molecule has 32 heavy (non-hydrogen) atoms. The summed E-state index contributed by atoms with van der Waals surface area (Å²) in [5, 5.41) is 2.06. The molecule has 0 radical (unpaired) electrons. The summed E-state index contributed by atoms with van der Waals surface area (Å²) < 4.78 is 11.3. The largest absolute Gasteiger partial charge is 0.491 e. The molecule has 0 saturated carbocycles. The van der Waals surface area contributed by atoms with Gasteiger partial charge in [-0.2, -0.15) is 0 Å². The average Bonchev–Trinajstić information content (AvgIpc) is 3.50. The molecule has 2 amide bonds. The zero-order valence-electron chi connectivity index (χ0n) is 18.0. The van der Waals surface area contributed by atoms with Crippen molar-refractivity contribution in [1.29, 1.82) is 0 Å². The van der Waals surface area contributed by atoms with E-state index in [1.54, 1.807) is 29.5 Å². The number of fused-ring (bicyclic) bond motifs is 1. The highest BCUT2D eigenvalue weighted by molar-refractivity contribution is 7.10. The summed E-state index contributed by atoms with van der Waals surface area (Å²) >= 11 is 1.71. The van der Waals surface area contributed by atoms with Gasteiger partial charge in [0.15, 0.2) is 5.76 Å². The first-order chi connectivity index (χ1) is 15.6. The Morgan fingerprint density at radius 2 is 2.09 bits per heavy atom. The molecule has 0 spiro atoms. The van der Waals surface area contributed by atoms with E-state index in [1.165, 1.54) is 16.0 Å². The molecule has 3 heterocycles. The topological polar surface area (TPSA) is 63.0 Å². The lowest BCUT2D eigenvalue weighted by atomic mass is 10.0. The zero-order valence-corrected chi connectivity index (χ0v) is 18.8. The van der Waals surface area contributed by atoms with E-state index >= 15 is 0 Å². The fourth-order valence-electron chi connectivity index (χ4n) is 3.87. The first kappa shape index (κ1) is 21.9. The van der Waals surface area contributed by atoms with Gasteiger partial charge in [0.2, 0.25) is 5.91 Å². The normalized spacial score (nSPS) is 15.2. The molecule has 1 aliphatic heterocycles. The van der Waals surface area contributed by atoms with Gasteiger partial charge in [0.1, 0.15) is 18.9 Å². The molecule has 2 aromatic heterocycles. The number of hydrogen-bond acceptors (Lipinski definition) is 5. The molecular formula is C25H26N2O4S. The molecule has 1 atom stereocenters. The number of ether oxygens (including phenoxy) is 1. The maximum atomic E-state index is 13.4. The van der Waals surface area contributed by atoms with E-state index in [9.17, 15) is 9.59 Å². The Morgan fingerprint density at radius 3 is 2.81 bits per heavy atom. The number of nitrogens with zero attached hydrogens (tertiary/aromatic N) is 2. The molecule has 0 aliphatic carbocycles. The van der Waals surface area contributed by atoms with Crippen LogP contribution in [0.5, 0.6) is 5.75 Å². The minimum atomic E-state index is -0.330. The lowest BCUT2D eigenvalue weighted by Crippen LogP contribution is -2.47. The minimum absolute atomic E-state index is 0.0495. The van der Waals surface area contributed by atoms with Crippen LogP contribution in [-0.4, -0.2) is 47.9 Å². The van der Waals surface area contributed by atoms with Gasteiger partial charge in [-0.05, 0) is 54.6 Å². The van der Waals surface area contributed by atoms with Gasteiger partial charge in [0, 0.05) is 18.0 Å². The number of aryl methyl sites for hydroxylation is 1. The van der Waals surface area contributed by atoms with Crippen LogP contribution in [0.4, 0.5) is 0 Å². The molecule has 1 aliphatic rings. The second-order valence-electron chi connectivity index (χ2n) is 7.73. The maximum absolute atomic E-state index is 13.4. The standard InChI is InChI=1S/C25H26N2O4S/c1-3-12-26(25(29)22-5-4-14-30-22)16-24(28)27-13-10-23-20(11-15-32-23)21(27)17-31-19-8-6-18(2)7-9-19/h3-9,11,14-15,21H,1,10,12-13,16-17H2,2H3. The number of amides is 2. The summed E-state index contributed by atoms with van der Waals surface area (Å²) in [7, 11) is 0. The Morgan fingerprint density at radius 1 is 1.28 bits per heavy atom. The predicted molar refractivity (Wildman–Crippen MR) is 124 cm³/mol. The quantitative estimate of drug-likeness (QED) is 0.475. The minimum Gasteiger partial charge on any atom is -0.491 e. The second kappa shape index (κ2) is 9.87. The van der Waals surface area contributed by atoms with Crippen LogP contribution in [0, 0.1) is 6.92 Å². The van der Waals surface area contributed by atoms with Gasteiger partial charge in [-0.3, -0.25) is 9.59 Å². The number of carbonyl (C=O) groups excluding carboxylic acids is 2. The van der Waals surface area contributed by atoms with Crippen LogP contribution >= 0.6 is 11.3 Å². The Kier molecular flexibility index (Phi) is 6.75. The van der Waals surface area contributed by atoms with Crippen molar-refractivity contribution in [3.05, 3.63) is 88.5 Å². The molecule has 0 saturated heterocycles. The third-order valence-electron chi connectivity index (χ3n) is 5.54. The Balaban J connectivity index is 1.51. The second-order valence-corrected chi connectivity index (χ2v) is 8.73. The highest BCUT2D eigenvalue weighted by atomic mass is 32.1. The molecule has 6 nitrogen and oxygen atoms in total. The van der Waals surface area contributed by atoms with Crippen LogP contribution in [0.25, 0.3) is 0 Å². The van der Waals surface area contributed by atoms with E-state index in [2.05, 4.69) is 18.0 Å². The van der Waals surface area contributed by atoms with Crippen LogP contribution in [0.15, 0.2) is 71.2 Å². The number of furan rings is 1. The van der Waals surface area contributed by atoms with Crippen LogP contribution in [-0.2, 0) is 11.2 Å². The van der Waals surface area contributed by atoms with Crippen molar-refractivity contribution < 1.29 is 18.7 Å². The van der Waals surface area contributed by atoms with Crippen molar-refractivity contribution in [3.63, 3.8) is 0 Å². The number of rotatable bonds is 8. The summed E-state index contributed by atoms with van der Waals surface area (Å²) in [6, 6.07) is 13.0. The predicted octanol–water partition coefficient (Wildman–Crippen LogP) is 4.48. The maximum Gasteiger partial charge on any atom is 0.290 e. The van der Waals surface area contributed by atoms with Crippen molar-refractivity contribution >= 4 is 23.2 Å². The van der Waals surface area contributed by atoms with E-state index < -0.39 is 0 Å². The Hall–Kier alpha value is -3.32. The average molecular weight is 451 g/mol. The molecule has 4 rings (SSSR count). The van der Waals surface area contributed by atoms with Crippen LogP contribution < -0.4 is 4.74 Å². The molecule has 3 aromatic rings. The molecule has 166 valence electrons. The summed E-state index contributed by atoms with van der Waals surface area (Å²) in [4.78, 5) is 30.7. The van der Waals surface area contributed by atoms with Crippen LogP contribution in [0.1, 0.15) is 32.6 Å². The summed E-state index contributed by atoms with van der Waals surface area (Å²) in [5.74, 6) is 0.523. The summed E-state index contributed by atoms with van der Waals surface area (Å²) in [5.41, 5.74) is 2.28. The van der Waals surface area contributed by atoms with Gasteiger partial charge < -0.3 is 19.0 Å². The van der Waals surface area contributed by atoms with Crippen molar-refractivity contribution in [3.8, 4) is 5.75 Å². The molecule has 1 unspecified atom stereocenters. The van der Waals surface area contributed by atoms with Gasteiger partial charge in [-0.25, -0.2) is 0 Å². The van der Waals surface area contributed by atoms with Crippen LogP contribution in [0.3, 0.4) is 0 Å². The van der Waals surface area contributed by atoms with Gasteiger partial charge in [-0.15, -0.1) is 17.9 Å².